The molecule has 1 aliphatic heterocycles. The van der Waals surface area contributed by atoms with Crippen LogP contribution >= 0.6 is 0 Å². The molecule has 1 N–H and O–H groups in total. The molecule has 1 aromatic carbocycles. The molecule has 2 heteroatoms. The SMILES string of the molecule is Cc1cc(C)cc(C(O)CN2CC(C)C(C)C2)c1. The van der Waals surface area contributed by atoms with Gasteiger partial charge in [-0.05, 0) is 31.2 Å². The molecule has 1 aliphatic rings. The predicted octanol–water partition coefficient (Wildman–Crippen LogP) is 2.92. The van der Waals surface area contributed by atoms with E-state index >= 15 is 0 Å². The van der Waals surface area contributed by atoms with E-state index in [2.05, 4.69) is 50.8 Å². The highest BCUT2D eigenvalue weighted by atomic mass is 16.3. The number of hydrogen-bond donors (Lipinski definition) is 1. The van der Waals surface area contributed by atoms with Crippen molar-refractivity contribution in [3.63, 3.8) is 0 Å². The third kappa shape index (κ3) is 3.12. The van der Waals surface area contributed by atoms with Gasteiger partial charge in [-0.15, -0.1) is 0 Å². The maximum atomic E-state index is 10.4. The topological polar surface area (TPSA) is 23.5 Å². The molecule has 3 unspecified atom stereocenters. The van der Waals surface area contributed by atoms with Gasteiger partial charge in [-0.25, -0.2) is 0 Å². The quantitative estimate of drug-likeness (QED) is 0.887. The lowest BCUT2D eigenvalue weighted by molar-refractivity contribution is 0.123. The van der Waals surface area contributed by atoms with E-state index in [4.69, 9.17) is 0 Å². The Labute approximate surface area is 111 Å². The highest BCUT2D eigenvalue weighted by Gasteiger charge is 2.27. The first-order valence-electron chi connectivity index (χ1n) is 6.94. The summed E-state index contributed by atoms with van der Waals surface area (Å²) < 4.78 is 0. The zero-order chi connectivity index (χ0) is 13.3. The number of rotatable bonds is 3. The minimum atomic E-state index is -0.360. The number of β-amino-alcohol motifs (C(OH)–C–C–N with tert-alkyl or cyclic N) is 1. The number of benzene rings is 1. The Bertz CT molecular complexity index is 385. The summed E-state index contributed by atoms with van der Waals surface area (Å²) in [6, 6.07) is 6.34. The van der Waals surface area contributed by atoms with Crippen LogP contribution in [0.5, 0.6) is 0 Å². The van der Waals surface area contributed by atoms with E-state index in [0.29, 0.717) is 0 Å². The molecule has 0 radical (unpaired) electrons. The molecule has 0 aliphatic carbocycles. The highest BCUT2D eigenvalue weighted by molar-refractivity contribution is 5.30. The summed E-state index contributed by atoms with van der Waals surface area (Å²) in [6.07, 6.45) is -0.360. The van der Waals surface area contributed by atoms with Gasteiger partial charge in [-0.1, -0.05) is 43.2 Å². The molecule has 18 heavy (non-hydrogen) atoms. The summed E-state index contributed by atoms with van der Waals surface area (Å²) >= 11 is 0. The minimum absolute atomic E-state index is 0.360. The molecule has 2 rings (SSSR count). The minimum Gasteiger partial charge on any atom is -0.387 e. The van der Waals surface area contributed by atoms with Crippen LogP contribution in [0.3, 0.4) is 0 Å². The fraction of sp³-hybridized carbons (Fsp3) is 0.625. The van der Waals surface area contributed by atoms with Crippen LogP contribution < -0.4 is 0 Å². The molecule has 0 amide bonds. The second-order valence-corrected chi connectivity index (χ2v) is 6.11. The number of hydrogen-bond acceptors (Lipinski definition) is 2. The molecule has 1 fully saturated rings. The van der Waals surface area contributed by atoms with Gasteiger partial charge in [0.05, 0.1) is 6.10 Å². The van der Waals surface area contributed by atoms with Crippen LogP contribution in [0.4, 0.5) is 0 Å². The molecule has 0 spiro atoms. The fourth-order valence-electron chi connectivity index (χ4n) is 2.95. The Morgan fingerprint density at radius 2 is 1.61 bits per heavy atom. The van der Waals surface area contributed by atoms with Crippen molar-refractivity contribution in [2.45, 2.75) is 33.8 Å². The first-order valence-corrected chi connectivity index (χ1v) is 6.94. The van der Waals surface area contributed by atoms with Crippen molar-refractivity contribution < 1.29 is 5.11 Å². The molecule has 1 aromatic rings. The maximum absolute atomic E-state index is 10.4. The lowest BCUT2D eigenvalue weighted by atomic mass is 10.0. The summed E-state index contributed by atoms with van der Waals surface area (Å²) in [5, 5.41) is 10.4. The van der Waals surface area contributed by atoms with Crippen LogP contribution in [-0.2, 0) is 0 Å². The van der Waals surface area contributed by atoms with Crippen molar-refractivity contribution in [3.8, 4) is 0 Å². The Balaban J connectivity index is 2.01. The third-order valence-corrected chi connectivity index (χ3v) is 4.12. The summed E-state index contributed by atoms with van der Waals surface area (Å²) in [4.78, 5) is 2.39. The van der Waals surface area contributed by atoms with Gasteiger partial charge in [-0.2, -0.15) is 0 Å². The van der Waals surface area contributed by atoms with Gasteiger partial charge in [0.25, 0.3) is 0 Å². The van der Waals surface area contributed by atoms with E-state index in [0.717, 1.165) is 37.0 Å². The number of aliphatic hydroxyl groups is 1. The summed E-state index contributed by atoms with van der Waals surface area (Å²) in [6.45, 7) is 11.8. The van der Waals surface area contributed by atoms with Gasteiger partial charge in [0, 0.05) is 19.6 Å². The molecule has 2 nitrogen and oxygen atoms in total. The van der Waals surface area contributed by atoms with Crippen molar-refractivity contribution in [3.05, 3.63) is 34.9 Å². The standard InChI is InChI=1S/C16H25NO/c1-11-5-12(2)7-15(6-11)16(18)10-17-8-13(3)14(4)9-17/h5-7,13-14,16,18H,8-10H2,1-4H3. The Morgan fingerprint density at radius 1 is 1.11 bits per heavy atom. The van der Waals surface area contributed by atoms with Crippen molar-refractivity contribution in [1.82, 2.24) is 4.90 Å². The molecule has 3 atom stereocenters. The van der Waals surface area contributed by atoms with Crippen LogP contribution in [0.15, 0.2) is 18.2 Å². The van der Waals surface area contributed by atoms with Gasteiger partial charge >= 0.3 is 0 Å². The molecule has 0 saturated carbocycles. The van der Waals surface area contributed by atoms with Crippen molar-refractivity contribution in [2.24, 2.45) is 11.8 Å². The van der Waals surface area contributed by atoms with E-state index in [1.54, 1.807) is 0 Å². The molecule has 0 aromatic heterocycles. The highest BCUT2D eigenvalue weighted by Crippen LogP contribution is 2.25. The van der Waals surface area contributed by atoms with Gasteiger partial charge in [0.2, 0.25) is 0 Å². The van der Waals surface area contributed by atoms with E-state index in [1.165, 1.54) is 11.1 Å². The number of aryl methyl sites for hydroxylation is 2. The maximum Gasteiger partial charge on any atom is 0.0917 e. The van der Waals surface area contributed by atoms with Crippen LogP contribution in [0, 0.1) is 25.7 Å². The van der Waals surface area contributed by atoms with Gasteiger partial charge in [-0.3, -0.25) is 4.90 Å². The predicted molar refractivity (Wildman–Crippen MR) is 75.6 cm³/mol. The van der Waals surface area contributed by atoms with Gasteiger partial charge < -0.3 is 5.11 Å². The van der Waals surface area contributed by atoms with Crippen molar-refractivity contribution in [2.75, 3.05) is 19.6 Å². The van der Waals surface area contributed by atoms with E-state index < -0.39 is 0 Å². The molecule has 1 saturated heterocycles. The lowest BCUT2D eigenvalue weighted by Crippen LogP contribution is -2.26. The third-order valence-electron chi connectivity index (χ3n) is 4.12. The number of nitrogens with zero attached hydrogens (tertiary/aromatic N) is 1. The second kappa shape index (κ2) is 5.41. The molecule has 0 bridgehead atoms. The second-order valence-electron chi connectivity index (χ2n) is 6.11. The first-order chi connectivity index (χ1) is 8.45. The van der Waals surface area contributed by atoms with Crippen LogP contribution in [0.1, 0.15) is 36.6 Å². The van der Waals surface area contributed by atoms with Crippen LogP contribution in [-0.4, -0.2) is 29.6 Å². The van der Waals surface area contributed by atoms with E-state index in [9.17, 15) is 5.11 Å². The van der Waals surface area contributed by atoms with Crippen molar-refractivity contribution in [1.29, 1.82) is 0 Å². The van der Waals surface area contributed by atoms with Crippen molar-refractivity contribution >= 4 is 0 Å². The fourth-order valence-corrected chi connectivity index (χ4v) is 2.95. The Kier molecular flexibility index (Phi) is 4.08. The molecular formula is C16H25NO. The van der Waals surface area contributed by atoms with E-state index in [-0.39, 0.29) is 6.10 Å². The Morgan fingerprint density at radius 3 is 2.11 bits per heavy atom. The average molecular weight is 247 g/mol. The largest absolute Gasteiger partial charge is 0.387 e. The summed E-state index contributed by atoms with van der Waals surface area (Å²) in [5.41, 5.74) is 3.51. The molecule has 1 heterocycles. The number of likely N-dealkylation sites (tertiary alicyclic amines) is 1. The first kappa shape index (κ1) is 13.6. The number of aliphatic hydroxyl groups excluding tert-OH is 1. The zero-order valence-corrected chi connectivity index (χ0v) is 12.0. The van der Waals surface area contributed by atoms with E-state index in [1.807, 2.05) is 0 Å². The van der Waals surface area contributed by atoms with Crippen LogP contribution in [0.2, 0.25) is 0 Å². The van der Waals surface area contributed by atoms with Gasteiger partial charge in [0.1, 0.15) is 0 Å². The lowest BCUT2D eigenvalue weighted by Gasteiger charge is -2.20. The average Bonchev–Trinajstić information content (AvgIpc) is 2.56. The Hall–Kier alpha value is -0.860. The van der Waals surface area contributed by atoms with Gasteiger partial charge in [0.15, 0.2) is 0 Å². The summed E-state index contributed by atoms with van der Waals surface area (Å²) in [5.74, 6) is 1.49. The summed E-state index contributed by atoms with van der Waals surface area (Å²) in [7, 11) is 0. The zero-order valence-electron chi connectivity index (χ0n) is 12.0. The monoisotopic (exact) mass is 247 g/mol. The molecule has 100 valence electrons. The van der Waals surface area contributed by atoms with Crippen LogP contribution in [0.25, 0.3) is 0 Å². The normalized spacial score (nSPS) is 26.5. The molecular weight excluding hydrogens is 222 g/mol. The smallest absolute Gasteiger partial charge is 0.0917 e.